The minimum atomic E-state index is 0. The number of rotatable bonds is 2. The monoisotopic (exact) mass is 214 g/mol. The molecule has 12 heavy (non-hydrogen) atoms. The lowest BCUT2D eigenvalue weighted by Crippen LogP contribution is -2.57. The molecule has 4 N–H and O–H groups in total. The molecule has 0 saturated heterocycles. The molecule has 0 atom stereocenters. The van der Waals surface area contributed by atoms with Crippen molar-refractivity contribution in [1.82, 2.24) is 5.43 Å². The van der Waals surface area contributed by atoms with Gasteiger partial charge in [-0.05, 0) is 31.1 Å². The lowest BCUT2D eigenvalue weighted by atomic mass is 9.66. The molecular formula is C7H16Cl2N2O. The van der Waals surface area contributed by atoms with Crippen LogP contribution in [0.2, 0.25) is 0 Å². The minimum Gasteiger partial charge on any atom is -0.396 e. The highest BCUT2D eigenvalue weighted by atomic mass is 35.5. The Morgan fingerprint density at radius 3 is 2.08 bits per heavy atom. The van der Waals surface area contributed by atoms with Gasteiger partial charge in [0.25, 0.3) is 0 Å². The van der Waals surface area contributed by atoms with Crippen LogP contribution < -0.4 is 11.3 Å². The summed E-state index contributed by atoms with van der Waals surface area (Å²) in [7, 11) is 0. The molecule has 0 aromatic heterocycles. The molecule has 2 bridgehead atoms. The Labute approximate surface area is 84.9 Å². The SMILES string of the molecule is Cl.Cl.NNC12CCC(CO)(C1)C2. The van der Waals surface area contributed by atoms with E-state index in [1.54, 1.807) is 0 Å². The number of nitrogens with one attached hydrogen (secondary N) is 1. The Bertz CT molecular complexity index is 143. The van der Waals surface area contributed by atoms with Crippen LogP contribution in [0.15, 0.2) is 0 Å². The number of fused-ring (bicyclic) bond motifs is 1. The van der Waals surface area contributed by atoms with E-state index in [4.69, 9.17) is 10.9 Å². The second-order valence-electron chi connectivity index (χ2n) is 3.94. The lowest BCUT2D eigenvalue weighted by molar-refractivity contribution is 0.0234. The van der Waals surface area contributed by atoms with E-state index in [1.807, 2.05) is 0 Å². The molecule has 3 nitrogen and oxygen atoms in total. The highest BCUT2D eigenvalue weighted by Gasteiger charge is 2.59. The van der Waals surface area contributed by atoms with Crippen LogP contribution in [0.3, 0.4) is 0 Å². The van der Waals surface area contributed by atoms with E-state index in [9.17, 15) is 0 Å². The predicted molar refractivity (Wildman–Crippen MR) is 52.5 cm³/mol. The van der Waals surface area contributed by atoms with Crippen LogP contribution in [0.4, 0.5) is 0 Å². The van der Waals surface area contributed by atoms with E-state index >= 15 is 0 Å². The molecule has 0 heterocycles. The van der Waals surface area contributed by atoms with Gasteiger partial charge in [0.2, 0.25) is 0 Å². The average Bonchev–Trinajstić information content (AvgIpc) is 2.40. The summed E-state index contributed by atoms with van der Waals surface area (Å²) in [5.41, 5.74) is 3.32. The molecule has 0 amide bonds. The van der Waals surface area contributed by atoms with Crippen molar-refractivity contribution in [3.63, 3.8) is 0 Å². The van der Waals surface area contributed by atoms with Gasteiger partial charge in [-0.1, -0.05) is 0 Å². The van der Waals surface area contributed by atoms with Gasteiger partial charge in [-0.25, -0.2) is 0 Å². The molecule has 3 fully saturated rings. The van der Waals surface area contributed by atoms with Gasteiger partial charge in [-0.3, -0.25) is 11.3 Å². The van der Waals surface area contributed by atoms with Crippen molar-refractivity contribution >= 4 is 24.8 Å². The first kappa shape index (κ1) is 12.5. The van der Waals surface area contributed by atoms with Crippen LogP contribution in [0, 0.1) is 5.41 Å². The Balaban J connectivity index is 0.000000605. The van der Waals surface area contributed by atoms with Crippen LogP contribution in [-0.4, -0.2) is 17.3 Å². The second-order valence-corrected chi connectivity index (χ2v) is 3.94. The summed E-state index contributed by atoms with van der Waals surface area (Å²) in [6.07, 6.45) is 4.44. The fraction of sp³-hybridized carbons (Fsp3) is 1.00. The number of nitrogens with two attached hydrogens (primary N) is 1. The Hall–Kier alpha value is 0.460. The zero-order valence-electron chi connectivity index (χ0n) is 6.88. The van der Waals surface area contributed by atoms with Crippen LogP contribution in [0.1, 0.15) is 25.7 Å². The highest BCUT2D eigenvalue weighted by molar-refractivity contribution is 5.85. The molecule has 0 spiro atoms. The Morgan fingerprint density at radius 2 is 1.83 bits per heavy atom. The number of hydrogen-bond acceptors (Lipinski definition) is 3. The van der Waals surface area contributed by atoms with E-state index in [0.717, 1.165) is 25.7 Å². The Morgan fingerprint density at radius 1 is 1.25 bits per heavy atom. The van der Waals surface area contributed by atoms with Crippen LogP contribution >= 0.6 is 24.8 Å². The van der Waals surface area contributed by atoms with E-state index in [0.29, 0.717) is 6.61 Å². The van der Waals surface area contributed by atoms with Crippen LogP contribution in [0.5, 0.6) is 0 Å². The molecule has 5 heteroatoms. The van der Waals surface area contributed by atoms with Crippen LogP contribution in [0.25, 0.3) is 0 Å². The topological polar surface area (TPSA) is 58.3 Å². The van der Waals surface area contributed by atoms with E-state index in [2.05, 4.69) is 5.43 Å². The van der Waals surface area contributed by atoms with Crippen LogP contribution in [-0.2, 0) is 0 Å². The molecule has 0 aromatic carbocycles. The van der Waals surface area contributed by atoms with Gasteiger partial charge in [-0.2, -0.15) is 0 Å². The molecular weight excluding hydrogens is 199 g/mol. The molecule has 0 radical (unpaired) electrons. The van der Waals surface area contributed by atoms with Gasteiger partial charge in [0, 0.05) is 12.1 Å². The third-order valence-corrected chi connectivity index (χ3v) is 3.20. The van der Waals surface area contributed by atoms with Crippen molar-refractivity contribution in [1.29, 1.82) is 0 Å². The molecule has 3 saturated carbocycles. The summed E-state index contributed by atoms with van der Waals surface area (Å²) in [6, 6.07) is 0. The summed E-state index contributed by atoms with van der Waals surface area (Å²) < 4.78 is 0. The minimum absolute atomic E-state index is 0. The van der Waals surface area contributed by atoms with Gasteiger partial charge in [0.05, 0.1) is 0 Å². The van der Waals surface area contributed by atoms with Gasteiger partial charge in [0.15, 0.2) is 0 Å². The van der Waals surface area contributed by atoms with Gasteiger partial charge < -0.3 is 5.11 Å². The number of halogens is 2. The molecule has 0 aromatic rings. The predicted octanol–water partition coefficient (Wildman–Crippen LogP) is 0.598. The van der Waals surface area contributed by atoms with Crippen molar-refractivity contribution in [2.24, 2.45) is 11.3 Å². The van der Waals surface area contributed by atoms with E-state index in [1.165, 1.54) is 0 Å². The molecule has 3 rings (SSSR count). The standard InChI is InChI=1S/C7H14N2O.2ClH/c8-9-7-2-1-6(3-7,4-7)5-10;;/h9-10H,1-5,8H2;2*1H. The summed E-state index contributed by atoms with van der Waals surface area (Å²) in [5.74, 6) is 5.39. The smallest absolute Gasteiger partial charge is 0.0488 e. The molecule has 74 valence electrons. The number of aliphatic hydroxyl groups excluding tert-OH is 1. The van der Waals surface area contributed by atoms with Gasteiger partial charge in [-0.15, -0.1) is 24.8 Å². The first-order valence-electron chi connectivity index (χ1n) is 3.83. The third-order valence-electron chi connectivity index (χ3n) is 3.20. The molecule has 0 aliphatic heterocycles. The van der Waals surface area contributed by atoms with Crippen molar-refractivity contribution in [3.05, 3.63) is 0 Å². The Kier molecular flexibility index (Phi) is 3.82. The zero-order chi connectivity index (χ0) is 7.24. The fourth-order valence-corrected chi connectivity index (χ4v) is 2.61. The van der Waals surface area contributed by atoms with Crippen molar-refractivity contribution in [2.75, 3.05) is 6.61 Å². The maximum atomic E-state index is 9.00. The average molecular weight is 215 g/mol. The maximum Gasteiger partial charge on any atom is 0.0488 e. The van der Waals surface area contributed by atoms with E-state index in [-0.39, 0.29) is 35.8 Å². The maximum absolute atomic E-state index is 9.00. The van der Waals surface area contributed by atoms with Gasteiger partial charge >= 0.3 is 0 Å². The molecule has 3 aliphatic rings. The normalized spacial score (nSPS) is 42.5. The van der Waals surface area contributed by atoms with E-state index < -0.39 is 0 Å². The number of aliphatic hydroxyl groups is 1. The first-order valence-corrected chi connectivity index (χ1v) is 3.83. The first-order chi connectivity index (χ1) is 4.74. The largest absolute Gasteiger partial charge is 0.396 e. The molecule has 3 aliphatic carbocycles. The lowest BCUT2D eigenvalue weighted by Gasteiger charge is -2.46. The van der Waals surface area contributed by atoms with Crippen molar-refractivity contribution in [2.45, 2.75) is 31.2 Å². The molecule has 0 unspecified atom stereocenters. The number of hydrogen-bond donors (Lipinski definition) is 3. The summed E-state index contributed by atoms with van der Waals surface area (Å²) in [5, 5.41) is 9.00. The highest BCUT2D eigenvalue weighted by Crippen LogP contribution is 2.60. The number of hydrazine groups is 1. The summed E-state index contributed by atoms with van der Waals surface area (Å²) in [6.45, 7) is 0.344. The van der Waals surface area contributed by atoms with Crippen molar-refractivity contribution < 1.29 is 5.11 Å². The third kappa shape index (κ3) is 1.44. The second kappa shape index (κ2) is 3.68. The van der Waals surface area contributed by atoms with Crippen molar-refractivity contribution in [3.8, 4) is 0 Å². The summed E-state index contributed by atoms with van der Waals surface area (Å²) >= 11 is 0. The fourth-order valence-electron chi connectivity index (χ4n) is 2.61. The summed E-state index contributed by atoms with van der Waals surface area (Å²) in [4.78, 5) is 0. The quantitative estimate of drug-likeness (QED) is 0.467. The zero-order valence-corrected chi connectivity index (χ0v) is 8.51. The van der Waals surface area contributed by atoms with Gasteiger partial charge in [0.1, 0.15) is 0 Å².